The molecular weight excluding hydrogens is 370 g/mol. The van der Waals surface area contributed by atoms with Crippen LogP contribution in [0.25, 0.3) is 0 Å². The Balaban J connectivity index is 1.46. The lowest BCUT2D eigenvalue weighted by atomic mass is 9.80. The molecule has 2 aliphatic rings. The van der Waals surface area contributed by atoms with E-state index in [1.807, 2.05) is 0 Å². The second-order valence-corrected chi connectivity index (χ2v) is 6.92. The topological polar surface area (TPSA) is 96.9 Å². The number of hydrogen-bond acceptors (Lipinski definition) is 5. The van der Waals surface area contributed by atoms with E-state index in [1.54, 1.807) is 24.3 Å². The second-order valence-electron chi connectivity index (χ2n) is 6.49. The maximum Gasteiger partial charge on any atom is 0.259 e. The van der Waals surface area contributed by atoms with Crippen molar-refractivity contribution in [3.8, 4) is 0 Å². The highest BCUT2D eigenvalue weighted by atomic mass is 35.5. The molecule has 1 saturated carbocycles. The van der Waals surface area contributed by atoms with Crippen LogP contribution in [0.15, 0.2) is 41.2 Å². The molecule has 0 radical (unpaired) electrons. The first kappa shape index (κ1) is 19.1. The Morgan fingerprint density at radius 3 is 2.74 bits per heavy atom. The molecule has 1 fully saturated rings. The summed E-state index contributed by atoms with van der Waals surface area (Å²) in [5, 5.41) is 6.78. The number of rotatable bonds is 5. The van der Waals surface area contributed by atoms with Gasteiger partial charge in [0, 0.05) is 10.6 Å². The van der Waals surface area contributed by atoms with Crippen molar-refractivity contribution in [2.75, 3.05) is 6.54 Å². The number of hydrogen-bond donors (Lipinski definition) is 2. The quantitative estimate of drug-likeness (QED) is 0.596. The summed E-state index contributed by atoms with van der Waals surface area (Å²) in [6.07, 6.45) is 6.45. The molecule has 1 aliphatic carbocycles. The van der Waals surface area contributed by atoms with E-state index < -0.39 is 11.8 Å². The van der Waals surface area contributed by atoms with Crippen molar-refractivity contribution in [2.45, 2.75) is 31.8 Å². The first-order chi connectivity index (χ1) is 13.0. The molecule has 2 atom stereocenters. The van der Waals surface area contributed by atoms with Crippen LogP contribution < -0.4 is 10.7 Å². The van der Waals surface area contributed by atoms with E-state index in [2.05, 4.69) is 15.8 Å². The van der Waals surface area contributed by atoms with Crippen LogP contribution in [-0.2, 0) is 14.3 Å². The minimum Gasteiger partial charge on any atom is -0.496 e. The number of ether oxygens (including phenoxy) is 1. The number of hydrazone groups is 1. The van der Waals surface area contributed by atoms with Crippen LogP contribution in [0.5, 0.6) is 0 Å². The number of halogens is 1. The summed E-state index contributed by atoms with van der Waals surface area (Å²) in [6.45, 7) is -0.243. The number of fused-ring (bicyclic) bond motifs is 1. The van der Waals surface area contributed by atoms with Gasteiger partial charge in [-0.1, -0.05) is 18.0 Å². The number of nitrogens with one attached hydrogen (secondary N) is 2. The molecule has 0 saturated heterocycles. The molecule has 27 heavy (non-hydrogen) atoms. The number of carbonyl (C=O) groups is 3. The van der Waals surface area contributed by atoms with Crippen molar-refractivity contribution in [2.24, 2.45) is 11.0 Å². The zero-order valence-corrected chi connectivity index (χ0v) is 15.4. The van der Waals surface area contributed by atoms with Crippen molar-refractivity contribution < 1.29 is 19.1 Å². The minimum atomic E-state index is -0.506. The first-order valence-corrected chi connectivity index (χ1v) is 9.18. The number of carbonyl (C=O) groups excluding carboxylic acids is 3. The molecule has 0 aromatic heterocycles. The van der Waals surface area contributed by atoms with E-state index in [1.165, 1.54) is 12.5 Å². The molecule has 1 aliphatic heterocycles. The fourth-order valence-electron chi connectivity index (χ4n) is 3.16. The Hall–Kier alpha value is -2.67. The van der Waals surface area contributed by atoms with Crippen LogP contribution in [-0.4, -0.2) is 36.5 Å². The predicted molar refractivity (Wildman–Crippen MR) is 100 cm³/mol. The van der Waals surface area contributed by atoms with Gasteiger partial charge in [0.1, 0.15) is 6.10 Å². The average molecular weight is 390 g/mol. The fourth-order valence-corrected chi connectivity index (χ4v) is 3.29. The summed E-state index contributed by atoms with van der Waals surface area (Å²) in [6, 6.07) is 6.31. The number of ketones is 1. The van der Waals surface area contributed by atoms with Crippen LogP contribution in [0.1, 0.15) is 36.0 Å². The lowest BCUT2D eigenvalue weighted by Crippen LogP contribution is -2.37. The van der Waals surface area contributed by atoms with E-state index in [-0.39, 0.29) is 24.3 Å². The lowest BCUT2D eigenvalue weighted by molar-refractivity contribution is -0.126. The van der Waals surface area contributed by atoms with Crippen molar-refractivity contribution in [3.05, 3.63) is 46.7 Å². The largest absolute Gasteiger partial charge is 0.496 e. The molecule has 2 N–H and O–H groups in total. The normalized spacial score (nSPS) is 21.8. The maximum atomic E-state index is 12.4. The monoisotopic (exact) mass is 389 g/mol. The highest BCUT2D eigenvalue weighted by Crippen LogP contribution is 2.32. The highest BCUT2D eigenvalue weighted by molar-refractivity contribution is 6.30. The van der Waals surface area contributed by atoms with Gasteiger partial charge in [0.15, 0.2) is 5.78 Å². The smallest absolute Gasteiger partial charge is 0.259 e. The molecule has 2 amide bonds. The first-order valence-electron chi connectivity index (χ1n) is 8.80. The standard InChI is InChI=1S/C19H20ClN3O4/c20-14-7-5-12(6-8-14)19(26)21-10-17(24)23-22-9-13-11-27-16-4-2-1-3-15(16)18(13)25/h5-9,11,15-16H,1-4,10H2,(H,21,26)(H,23,24)/b22-9+. The molecule has 142 valence electrons. The van der Waals surface area contributed by atoms with Crippen LogP contribution in [0.4, 0.5) is 0 Å². The number of allylic oxidation sites excluding steroid dienone is 1. The number of benzene rings is 1. The SMILES string of the molecule is O=C(CNC(=O)c1ccc(Cl)cc1)N/N=C/C1=COC2CCCCC2C1=O. The van der Waals surface area contributed by atoms with Crippen LogP contribution >= 0.6 is 11.6 Å². The Morgan fingerprint density at radius 1 is 1.22 bits per heavy atom. The Kier molecular flexibility index (Phi) is 6.24. The number of Topliss-reactive ketones (excluding diaryl/α,β-unsaturated/α-hetero) is 1. The maximum absolute atomic E-state index is 12.4. The van der Waals surface area contributed by atoms with Crippen molar-refractivity contribution in [1.82, 2.24) is 10.7 Å². The van der Waals surface area contributed by atoms with Gasteiger partial charge < -0.3 is 10.1 Å². The molecule has 3 rings (SSSR count). The van der Waals surface area contributed by atoms with Crippen molar-refractivity contribution in [1.29, 1.82) is 0 Å². The predicted octanol–water partition coefficient (Wildman–Crippen LogP) is 2.21. The number of nitrogens with zero attached hydrogens (tertiary/aromatic N) is 1. The Bertz CT molecular complexity index is 789. The van der Waals surface area contributed by atoms with Crippen LogP contribution in [0.3, 0.4) is 0 Å². The third-order valence-corrected chi connectivity index (χ3v) is 4.85. The minimum absolute atomic E-state index is 0.00000912. The van der Waals surface area contributed by atoms with Crippen LogP contribution in [0.2, 0.25) is 5.02 Å². The van der Waals surface area contributed by atoms with Crippen molar-refractivity contribution >= 4 is 35.4 Å². The Labute approximate surface area is 161 Å². The molecule has 0 bridgehead atoms. The van der Waals surface area contributed by atoms with E-state index in [0.29, 0.717) is 16.2 Å². The Morgan fingerprint density at radius 2 is 1.96 bits per heavy atom. The van der Waals surface area contributed by atoms with E-state index in [0.717, 1.165) is 25.7 Å². The van der Waals surface area contributed by atoms with E-state index in [4.69, 9.17) is 16.3 Å². The summed E-state index contributed by atoms with van der Waals surface area (Å²) in [5.41, 5.74) is 3.02. The summed E-state index contributed by atoms with van der Waals surface area (Å²) in [7, 11) is 0. The summed E-state index contributed by atoms with van der Waals surface area (Å²) in [5.74, 6) is -1.03. The average Bonchev–Trinajstić information content (AvgIpc) is 2.68. The fraction of sp³-hybridized carbons (Fsp3) is 0.368. The zero-order valence-electron chi connectivity index (χ0n) is 14.6. The van der Waals surface area contributed by atoms with Gasteiger partial charge in [-0.05, 0) is 43.5 Å². The molecule has 1 aromatic carbocycles. The van der Waals surface area contributed by atoms with Crippen molar-refractivity contribution in [3.63, 3.8) is 0 Å². The number of amides is 2. The highest BCUT2D eigenvalue weighted by Gasteiger charge is 2.36. The van der Waals surface area contributed by atoms with E-state index in [9.17, 15) is 14.4 Å². The van der Waals surface area contributed by atoms with Gasteiger partial charge in [0.05, 0.1) is 30.5 Å². The molecule has 8 heteroatoms. The molecule has 1 aromatic rings. The second kappa shape index (κ2) is 8.81. The van der Waals surface area contributed by atoms with Gasteiger partial charge in [-0.2, -0.15) is 5.10 Å². The summed E-state index contributed by atoms with van der Waals surface area (Å²) in [4.78, 5) is 36.1. The third-order valence-electron chi connectivity index (χ3n) is 4.60. The van der Waals surface area contributed by atoms with Gasteiger partial charge in [-0.25, -0.2) is 5.43 Å². The molecule has 2 unspecified atom stereocenters. The molecule has 0 spiro atoms. The molecule has 7 nitrogen and oxygen atoms in total. The third kappa shape index (κ3) is 4.95. The van der Waals surface area contributed by atoms with Gasteiger partial charge in [-0.3, -0.25) is 14.4 Å². The van der Waals surface area contributed by atoms with Gasteiger partial charge in [-0.15, -0.1) is 0 Å². The van der Waals surface area contributed by atoms with Gasteiger partial charge >= 0.3 is 0 Å². The summed E-state index contributed by atoms with van der Waals surface area (Å²) < 4.78 is 5.61. The lowest BCUT2D eigenvalue weighted by Gasteiger charge is -2.33. The zero-order chi connectivity index (χ0) is 19.2. The van der Waals surface area contributed by atoms with Gasteiger partial charge in [0.2, 0.25) is 0 Å². The molecule has 1 heterocycles. The van der Waals surface area contributed by atoms with Gasteiger partial charge in [0.25, 0.3) is 11.8 Å². The van der Waals surface area contributed by atoms with E-state index >= 15 is 0 Å². The van der Waals surface area contributed by atoms with Crippen LogP contribution in [0, 0.1) is 5.92 Å². The molecular formula is C19H20ClN3O4. The summed E-state index contributed by atoms with van der Waals surface area (Å²) >= 11 is 5.76.